The monoisotopic (exact) mass is 400 g/mol. The fraction of sp³-hybridized carbons (Fsp3) is 0.391. The Balaban J connectivity index is 1.98. The summed E-state index contributed by atoms with van der Waals surface area (Å²) in [5.74, 6) is 1.04. The van der Waals surface area contributed by atoms with Crippen molar-refractivity contribution in [3.63, 3.8) is 0 Å². The van der Waals surface area contributed by atoms with E-state index in [-0.39, 0.29) is 18.8 Å². The second-order valence-electron chi connectivity index (χ2n) is 6.73. The summed E-state index contributed by atoms with van der Waals surface area (Å²) in [6.45, 7) is 3.96. The molecule has 0 aliphatic rings. The lowest BCUT2D eigenvalue weighted by atomic mass is 9.97. The van der Waals surface area contributed by atoms with Crippen molar-refractivity contribution >= 4 is 11.8 Å². The van der Waals surface area contributed by atoms with Gasteiger partial charge in [0.25, 0.3) is 0 Å². The standard InChI is InChI=1S/C23H28O6/c1-6-15(2)17-7-9-18(10-8-17)19(24)14-29-22(25)13-16-11-20(26-3)23(28-5)21(12-16)27-4/h7-12,15H,6,13-14H2,1-5H3/t15-/m0/s1. The molecule has 0 fully saturated rings. The van der Waals surface area contributed by atoms with Crippen molar-refractivity contribution in [1.82, 2.24) is 0 Å². The Kier molecular flexibility index (Phi) is 8.07. The van der Waals surface area contributed by atoms with E-state index in [4.69, 9.17) is 18.9 Å². The predicted molar refractivity (Wildman–Crippen MR) is 110 cm³/mol. The van der Waals surface area contributed by atoms with E-state index in [0.717, 1.165) is 6.42 Å². The van der Waals surface area contributed by atoms with Crippen molar-refractivity contribution < 1.29 is 28.5 Å². The van der Waals surface area contributed by atoms with Crippen molar-refractivity contribution in [2.24, 2.45) is 0 Å². The molecular formula is C23H28O6. The lowest BCUT2D eigenvalue weighted by Gasteiger charge is -2.14. The van der Waals surface area contributed by atoms with Crippen LogP contribution in [0.1, 0.15) is 47.7 Å². The second-order valence-corrected chi connectivity index (χ2v) is 6.73. The van der Waals surface area contributed by atoms with E-state index in [1.807, 2.05) is 12.1 Å². The fourth-order valence-corrected chi connectivity index (χ4v) is 2.92. The number of esters is 1. The smallest absolute Gasteiger partial charge is 0.310 e. The number of carbonyl (C=O) groups excluding carboxylic acids is 2. The molecule has 0 unspecified atom stereocenters. The molecule has 0 radical (unpaired) electrons. The summed E-state index contributed by atoms with van der Waals surface area (Å²) < 4.78 is 21.0. The summed E-state index contributed by atoms with van der Waals surface area (Å²) >= 11 is 0. The molecule has 156 valence electrons. The molecule has 0 saturated carbocycles. The number of methoxy groups -OCH3 is 3. The highest BCUT2D eigenvalue weighted by atomic mass is 16.5. The van der Waals surface area contributed by atoms with Gasteiger partial charge in [-0.3, -0.25) is 9.59 Å². The van der Waals surface area contributed by atoms with Crippen LogP contribution in [0.2, 0.25) is 0 Å². The number of benzene rings is 2. The van der Waals surface area contributed by atoms with Gasteiger partial charge in [0, 0.05) is 5.56 Å². The predicted octanol–water partition coefficient (Wildman–Crippen LogP) is 4.19. The third kappa shape index (κ3) is 5.73. The Bertz CT molecular complexity index is 816. The molecule has 0 N–H and O–H groups in total. The molecule has 0 bridgehead atoms. The van der Waals surface area contributed by atoms with Crippen molar-refractivity contribution in [2.45, 2.75) is 32.6 Å². The molecule has 0 aliphatic heterocycles. The maximum Gasteiger partial charge on any atom is 0.310 e. The zero-order valence-corrected chi connectivity index (χ0v) is 17.6. The summed E-state index contributed by atoms with van der Waals surface area (Å²) in [5, 5.41) is 0. The molecule has 2 aromatic rings. The lowest BCUT2D eigenvalue weighted by molar-refractivity contribution is -0.141. The maximum absolute atomic E-state index is 12.3. The normalized spacial score (nSPS) is 11.5. The Morgan fingerprint density at radius 2 is 1.52 bits per heavy atom. The summed E-state index contributed by atoms with van der Waals surface area (Å²) in [4.78, 5) is 24.5. The third-order valence-electron chi connectivity index (χ3n) is 4.85. The van der Waals surface area contributed by atoms with Gasteiger partial charge in [-0.25, -0.2) is 0 Å². The first kappa shape index (κ1) is 22.3. The Morgan fingerprint density at radius 3 is 2.00 bits per heavy atom. The molecule has 0 aromatic heterocycles. The molecular weight excluding hydrogens is 372 g/mol. The lowest BCUT2D eigenvalue weighted by Crippen LogP contribution is -2.16. The van der Waals surface area contributed by atoms with Crippen LogP contribution in [0.3, 0.4) is 0 Å². The number of ketones is 1. The number of hydrogen-bond donors (Lipinski definition) is 0. The van der Waals surface area contributed by atoms with Crippen LogP contribution in [0.15, 0.2) is 36.4 Å². The van der Waals surface area contributed by atoms with E-state index in [9.17, 15) is 9.59 Å². The van der Waals surface area contributed by atoms with Gasteiger partial charge in [0.1, 0.15) is 0 Å². The minimum atomic E-state index is -0.510. The highest BCUT2D eigenvalue weighted by molar-refractivity contribution is 5.98. The van der Waals surface area contributed by atoms with Gasteiger partial charge in [0.05, 0.1) is 27.8 Å². The number of carbonyl (C=O) groups is 2. The zero-order valence-electron chi connectivity index (χ0n) is 17.6. The SMILES string of the molecule is CC[C@H](C)c1ccc(C(=O)COC(=O)Cc2cc(OC)c(OC)c(OC)c2)cc1. The van der Waals surface area contributed by atoms with E-state index in [1.54, 1.807) is 24.3 Å². The second kappa shape index (κ2) is 10.5. The average Bonchev–Trinajstić information content (AvgIpc) is 2.76. The van der Waals surface area contributed by atoms with Gasteiger partial charge in [-0.2, -0.15) is 0 Å². The van der Waals surface area contributed by atoms with Crippen LogP contribution in [0, 0.1) is 0 Å². The van der Waals surface area contributed by atoms with Gasteiger partial charge >= 0.3 is 5.97 Å². The first-order chi connectivity index (χ1) is 13.9. The molecule has 0 saturated heterocycles. The highest BCUT2D eigenvalue weighted by Gasteiger charge is 2.16. The van der Waals surface area contributed by atoms with E-state index < -0.39 is 5.97 Å². The number of hydrogen-bond acceptors (Lipinski definition) is 6. The summed E-state index contributed by atoms with van der Waals surface area (Å²) in [5.41, 5.74) is 2.34. The Morgan fingerprint density at radius 1 is 0.931 bits per heavy atom. The molecule has 6 nitrogen and oxygen atoms in total. The minimum Gasteiger partial charge on any atom is -0.493 e. The zero-order chi connectivity index (χ0) is 21.4. The van der Waals surface area contributed by atoms with Crippen LogP contribution in [0.25, 0.3) is 0 Å². The van der Waals surface area contributed by atoms with E-state index >= 15 is 0 Å². The molecule has 0 amide bonds. The van der Waals surface area contributed by atoms with Gasteiger partial charge in [0.2, 0.25) is 5.75 Å². The quantitative estimate of drug-likeness (QED) is 0.440. The average molecular weight is 400 g/mol. The third-order valence-corrected chi connectivity index (χ3v) is 4.85. The molecule has 1 atom stereocenters. The van der Waals surface area contributed by atoms with Crippen LogP contribution in [0.5, 0.6) is 17.2 Å². The van der Waals surface area contributed by atoms with Crippen LogP contribution >= 0.6 is 0 Å². The van der Waals surface area contributed by atoms with Gasteiger partial charge in [-0.05, 0) is 35.6 Å². The fourth-order valence-electron chi connectivity index (χ4n) is 2.92. The van der Waals surface area contributed by atoms with Crippen molar-refractivity contribution in [3.05, 3.63) is 53.1 Å². The maximum atomic E-state index is 12.3. The molecule has 2 rings (SSSR count). The number of rotatable bonds is 10. The Labute approximate surface area is 171 Å². The highest BCUT2D eigenvalue weighted by Crippen LogP contribution is 2.38. The molecule has 6 heteroatoms. The van der Waals surface area contributed by atoms with Crippen molar-refractivity contribution in [3.8, 4) is 17.2 Å². The number of Topliss-reactive ketones (excluding diaryl/α,β-unsaturated/α-hetero) is 1. The van der Waals surface area contributed by atoms with Gasteiger partial charge in [-0.1, -0.05) is 38.1 Å². The molecule has 0 aliphatic carbocycles. The summed E-state index contributed by atoms with van der Waals surface area (Å²) in [6.07, 6.45) is 1.02. The summed E-state index contributed by atoms with van der Waals surface area (Å²) in [7, 11) is 4.52. The molecule has 2 aromatic carbocycles. The first-order valence-corrected chi connectivity index (χ1v) is 9.51. The van der Waals surface area contributed by atoms with Gasteiger partial charge in [-0.15, -0.1) is 0 Å². The van der Waals surface area contributed by atoms with E-state index in [0.29, 0.717) is 34.3 Å². The van der Waals surface area contributed by atoms with E-state index in [1.165, 1.54) is 26.9 Å². The largest absolute Gasteiger partial charge is 0.493 e. The van der Waals surface area contributed by atoms with Crippen LogP contribution in [-0.4, -0.2) is 39.7 Å². The van der Waals surface area contributed by atoms with E-state index in [2.05, 4.69) is 13.8 Å². The van der Waals surface area contributed by atoms with Crippen LogP contribution < -0.4 is 14.2 Å². The topological polar surface area (TPSA) is 71.1 Å². The van der Waals surface area contributed by atoms with Gasteiger partial charge in [0.15, 0.2) is 23.9 Å². The van der Waals surface area contributed by atoms with Crippen molar-refractivity contribution in [1.29, 1.82) is 0 Å². The number of ether oxygens (including phenoxy) is 4. The molecule has 0 heterocycles. The summed E-state index contributed by atoms with van der Waals surface area (Å²) in [6, 6.07) is 10.8. The Hall–Kier alpha value is -3.02. The van der Waals surface area contributed by atoms with Crippen molar-refractivity contribution in [2.75, 3.05) is 27.9 Å². The molecule has 0 spiro atoms. The molecule has 29 heavy (non-hydrogen) atoms. The van der Waals surface area contributed by atoms with Crippen LogP contribution in [0.4, 0.5) is 0 Å². The van der Waals surface area contributed by atoms with Crippen LogP contribution in [-0.2, 0) is 16.0 Å². The first-order valence-electron chi connectivity index (χ1n) is 9.51. The van der Waals surface area contributed by atoms with Gasteiger partial charge < -0.3 is 18.9 Å². The minimum absolute atomic E-state index is 0.0169.